The molecular weight excluding hydrogens is 388 g/mol. The molecule has 0 saturated heterocycles. The largest absolute Gasteiger partial charge is 0.760 e. The first kappa shape index (κ1) is 21.0. The van der Waals surface area contributed by atoms with Crippen molar-refractivity contribution in [2.24, 2.45) is 7.05 Å². The molecule has 7 heteroatoms. The second kappa shape index (κ2) is 9.65. The normalized spacial score (nSPS) is 12.0. The Morgan fingerprint density at radius 3 is 2.52 bits per heavy atom. The number of nitrogens with one attached hydrogen (secondary N) is 1. The summed E-state index contributed by atoms with van der Waals surface area (Å²) in [5, 5.41) is 0. The van der Waals surface area contributed by atoms with Gasteiger partial charge in [-0.3, -0.25) is 9.00 Å². The molecule has 2 aromatic carbocycles. The molecule has 0 spiro atoms. The summed E-state index contributed by atoms with van der Waals surface area (Å²) in [6.07, 6.45) is 2.31. The van der Waals surface area contributed by atoms with Crippen LogP contribution in [0.15, 0.2) is 65.6 Å². The van der Waals surface area contributed by atoms with Crippen LogP contribution in [-0.2, 0) is 31.3 Å². The summed E-state index contributed by atoms with van der Waals surface area (Å²) in [4.78, 5) is 12.0. The van der Waals surface area contributed by atoms with Crippen LogP contribution < -0.4 is 15.0 Å². The van der Waals surface area contributed by atoms with Crippen LogP contribution >= 0.6 is 0 Å². The second-order valence-electron chi connectivity index (χ2n) is 6.85. The van der Waals surface area contributed by atoms with E-state index in [1.807, 2.05) is 54.6 Å². The van der Waals surface area contributed by atoms with Crippen LogP contribution in [0.5, 0.6) is 5.75 Å². The molecule has 6 nitrogen and oxygen atoms in total. The monoisotopic (exact) mass is 411 g/mol. The first-order valence-corrected chi connectivity index (χ1v) is 10.3. The van der Waals surface area contributed by atoms with Gasteiger partial charge in [0.2, 0.25) is 0 Å². The highest BCUT2D eigenvalue weighted by molar-refractivity contribution is 7.77. The predicted molar refractivity (Wildman–Crippen MR) is 113 cm³/mol. The number of pyridine rings is 1. The minimum atomic E-state index is -2.29. The maximum absolute atomic E-state index is 12.0. The molecule has 0 bridgehead atoms. The fraction of sp³-hybridized carbons (Fsp3) is 0.227. The molecule has 3 aromatic rings. The maximum Gasteiger partial charge on any atom is 0.253 e. The Bertz CT molecular complexity index is 1040. The van der Waals surface area contributed by atoms with E-state index in [1.54, 1.807) is 24.7 Å². The third-order valence-electron chi connectivity index (χ3n) is 4.54. The Morgan fingerprint density at radius 1 is 1.07 bits per heavy atom. The molecule has 0 aliphatic carbocycles. The Morgan fingerprint density at radius 2 is 1.83 bits per heavy atom. The maximum atomic E-state index is 12.0. The number of aromatic nitrogens is 1. The lowest BCUT2D eigenvalue weighted by Crippen LogP contribution is -2.19. The Balaban J connectivity index is 1.91. The van der Waals surface area contributed by atoms with Gasteiger partial charge in [-0.1, -0.05) is 36.4 Å². The summed E-state index contributed by atoms with van der Waals surface area (Å²) in [5.74, 6) is 0.691. The first-order valence-electron chi connectivity index (χ1n) is 9.23. The topological polar surface area (TPSA) is 83.4 Å². The molecule has 0 amide bonds. The van der Waals surface area contributed by atoms with Gasteiger partial charge < -0.3 is 13.9 Å². The zero-order chi connectivity index (χ0) is 20.8. The van der Waals surface area contributed by atoms with Crippen LogP contribution in [0.25, 0.3) is 11.1 Å². The fourth-order valence-corrected chi connectivity index (χ4v) is 3.38. The van der Waals surface area contributed by atoms with Crippen molar-refractivity contribution in [2.75, 3.05) is 6.54 Å². The molecule has 0 radical (unpaired) electrons. The molecule has 1 unspecified atom stereocenters. The quantitative estimate of drug-likeness (QED) is 0.578. The van der Waals surface area contributed by atoms with E-state index in [4.69, 9.17) is 4.74 Å². The molecule has 0 fully saturated rings. The fourth-order valence-electron chi connectivity index (χ4n) is 3.11. The van der Waals surface area contributed by atoms with E-state index in [0.717, 1.165) is 22.3 Å². The molecule has 1 N–H and O–H groups in total. The number of nitrogens with zero attached hydrogens (tertiary/aromatic N) is 1. The van der Waals surface area contributed by atoms with Crippen molar-refractivity contribution in [3.63, 3.8) is 0 Å². The summed E-state index contributed by atoms with van der Waals surface area (Å²) in [6.45, 7) is 2.51. The number of rotatable bonds is 8. The minimum absolute atomic E-state index is 0.0346. The van der Waals surface area contributed by atoms with Crippen LogP contribution in [0, 0.1) is 6.92 Å². The average Bonchev–Trinajstić information content (AvgIpc) is 2.70. The molecule has 0 aliphatic rings. The molecular formula is C22H23N2O4S-. The van der Waals surface area contributed by atoms with E-state index in [-0.39, 0.29) is 5.56 Å². The minimum Gasteiger partial charge on any atom is -0.760 e. The zero-order valence-corrected chi connectivity index (χ0v) is 17.2. The first-order chi connectivity index (χ1) is 13.9. The summed E-state index contributed by atoms with van der Waals surface area (Å²) in [7, 11) is 1.73. The highest BCUT2D eigenvalue weighted by atomic mass is 32.2. The lowest BCUT2D eigenvalue weighted by molar-refractivity contribution is 0.306. The highest BCUT2D eigenvalue weighted by Crippen LogP contribution is 2.27. The number of aryl methyl sites for hydroxylation is 2. The molecule has 3 rings (SSSR count). The Labute approximate surface area is 172 Å². The standard InChI is InChI=1S/C22H24N2O4S/c1-16-10-20(14-24(2)22(16)25)19-11-18(8-9-23-29(26)27)12-21(13-19)28-15-17-6-4-3-5-7-17/h3-7,10-14,23H,8-9,15H2,1-2H3,(H,26,27)/p-1. The van der Waals surface area contributed by atoms with Crippen molar-refractivity contribution in [1.82, 2.24) is 9.29 Å². The van der Waals surface area contributed by atoms with E-state index < -0.39 is 11.3 Å². The van der Waals surface area contributed by atoms with Crippen molar-refractivity contribution in [2.45, 2.75) is 20.0 Å². The van der Waals surface area contributed by atoms with E-state index >= 15 is 0 Å². The van der Waals surface area contributed by atoms with Crippen LogP contribution in [0.3, 0.4) is 0 Å². The number of hydrogen-bond donors (Lipinski definition) is 1. The van der Waals surface area contributed by atoms with Gasteiger partial charge in [0.25, 0.3) is 5.56 Å². The summed E-state index contributed by atoms with van der Waals surface area (Å²) in [5.41, 5.74) is 4.43. The number of ether oxygens (including phenoxy) is 1. The molecule has 1 atom stereocenters. The molecule has 1 aromatic heterocycles. The van der Waals surface area contributed by atoms with Crippen molar-refractivity contribution < 1.29 is 13.5 Å². The molecule has 1 heterocycles. The Hall–Kier alpha value is -2.74. The van der Waals surface area contributed by atoms with Crippen molar-refractivity contribution in [3.8, 4) is 16.9 Å². The second-order valence-corrected chi connectivity index (χ2v) is 7.60. The highest BCUT2D eigenvalue weighted by Gasteiger charge is 2.08. The van der Waals surface area contributed by atoms with Gasteiger partial charge in [0, 0.05) is 36.6 Å². The number of benzene rings is 2. The van der Waals surface area contributed by atoms with Gasteiger partial charge in [0.15, 0.2) is 0 Å². The van der Waals surface area contributed by atoms with Gasteiger partial charge in [0.05, 0.1) is 0 Å². The van der Waals surface area contributed by atoms with E-state index in [9.17, 15) is 13.6 Å². The van der Waals surface area contributed by atoms with Crippen LogP contribution in [-0.4, -0.2) is 19.9 Å². The lowest BCUT2D eigenvalue weighted by Gasteiger charge is -2.14. The van der Waals surface area contributed by atoms with Crippen molar-refractivity contribution >= 4 is 11.3 Å². The summed E-state index contributed by atoms with van der Waals surface area (Å²) in [6, 6.07) is 17.6. The van der Waals surface area contributed by atoms with Crippen molar-refractivity contribution in [1.29, 1.82) is 0 Å². The third kappa shape index (κ3) is 5.87. The summed E-state index contributed by atoms with van der Waals surface area (Å²) >= 11 is -2.29. The summed E-state index contributed by atoms with van der Waals surface area (Å²) < 4.78 is 31.4. The molecule has 0 aliphatic heterocycles. The third-order valence-corrected chi connectivity index (χ3v) is 4.98. The van der Waals surface area contributed by atoms with Gasteiger partial charge in [0.1, 0.15) is 12.4 Å². The van der Waals surface area contributed by atoms with Gasteiger partial charge in [-0.25, -0.2) is 4.72 Å². The van der Waals surface area contributed by atoms with E-state index in [2.05, 4.69) is 4.72 Å². The Kier molecular flexibility index (Phi) is 6.98. The molecule has 0 saturated carbocycles. The van der Waals surface area contributed by atoms with Crippen LogP contribution in [0.4, 0.5) is 0 Å². The van der Waals surface area contributed by atoms with Crippen LogP contribution in [0.1, 0.15) is 16.7 Å². The van der Waals surface area contributed by atoms with Crippen LogP contribution in [0.2, 0.25) is 0 Å². The van der Waals surface area contributed by atoms with E-state index in [0.29, 0.717) is 30.9 Å². The lowest BCUT2D eigenvalue weighted by atomic mass is 10.0. The average molecular weight is 412 g/mol. The van der Waals surface area contributed by atoms with Gasteiger partial charge >= 0.3 is 0 Å². The van der Waals surface area contributed by atoms with Gasteiger partial charge in [-0.15, -0.1) is 0 Å². The predicted octanol–water partition coefficient (Wildman–Crippen LogP) is 2.87. The van der Waals surface area contributed by atoms with Gasteiger partial charge in [-0.05, 0) is 53.8 Å². The zero-order valence-electron chi connectivity index (χ0n) is 16.4. The smallest absolute Gasteiger partial charge is 0.253 e. The number of hydrogen-bond acceptors (Lipinski definition) is 4. The van der Waals surface area contributed by atoms with E-state index in [1.165, 1.54) is 0 Å². The SMILES string of the molecule is Cc1cc(-c2cc(CCNS(=O)[O-])cc(OCc3ccccc3)c2)cn(C)c1=O. The molecule has 152 valence electrons. The molecule has 29 heavy (non-hydrogen) atoms. The van der Waals surface area contributed by atoms with Gasteiger partial charge in [-0.2, -0.15) is 0 Å². The van der Waals surface area contributed by atoms with Crippen molar-refractivity contribution in [3.05, 3.63) is 87.8 Å².